The molecule has 0 spiro atoms. The molecule has 1 aliphatic heterocycles. The number of para-hydroxylation sites is 1. The number of nitrogens with zero attached hydrogens (tertiary/aromatic N) is 1. The molecule has 1 heterocycles. The molecule has 2 N–H and O–H groups in total. The first-order chi connectivity index (χ1) is 10.8. The number of hydrogen-bond acceptors (Lipinski definition) is 3. The van der Waals surface area contributed by atoms with Crippen molar-refractivity contribution in [3.05, 3.63) is 29.8 Å². The van der Waals surface area contributed by atoms with Crippen LogP contribution in [0, 0.1) is 5.92 Å². The Morgan fingerprint density at radius 1 is 1.35 bits per heavy atom. The molecule has 1 aliphatic rings. The Morgan fingerprint density at radius 2 is 1.96 bits per heavy atom. The smallest absolute Gasteiger partial charge is 0.396 e. The summed E-state index contributed by atoms with van der Waals surface area (Å²) in [6.45, 7) is 3.12. The first-order valence-corrected chi connectivity index (χ1v) is 7.65. The van der Waals surface area contributed by atoms with Gasteiger partial charge in [0.15, 0.2) is 0 Å². The molecule has 1 aromatic carbocycles. The topological polar surface area (TPSA) is 52.6 Å². The fourth-order valence-corrected chi connectivity index (χ4v) is 2.77. The summed E-state index contributed by atoms with van der Waals surface area (Å²) < 4.78 is 38.9. The van der Waals surface area contributed by atoms with Crippen LogP contribution in [0.2, 0.25) is 0 Å². The number of carbonyl (C=O) groups is 1. The van der Waals surface area contributed by atoms with E-state index in [1.165, 1.54) is 18.2 Å². The third-order valence-electron chi connectivity index (χ3n) is 4.32. The number of nitrogens with one attached hydrogen (secondary N) is 1. The van der Waals surface area contributed by atoms with Crippen molar-refractivity contribution >= 4 is 11.6 Å². The fraction of sp³-hybridized carbons (Fsp3) is 0.562. The normalized spacial score (nSPS) is 18.7. The zero-order chi connectivity index (χ0) is 17.0. The van der Waals surface area contributed by atoms with Crippen LogP contribution in [0.5, 0.6) is 0 Å². The van der Waals surface area contributed by atoms with Gasteiger partial charge in [0.05, 0.1) is 17.3 Å². The average Bonchev–Trinajstić information content (AvgIpc) is 2.53. The van der Waals surface area contributed by atoms with Crippen LogP contribution in [0.25, 0.3) is 0 Å². The van der Waals surface area contributed by atoms with E-state index in [0.29, 0.717) is 13.1 Å². The molecular weight excluding hydrogens is 309 g/mol. The molecular formula is C16H21F3N2O2. The van der Waals surface area contributed by atoms with Crippen molar-refractivity contribution < 1.29 is 23.1 Å². The highest BCUT2D eigenvalue weighted by Gasteiger charge is 2.34. The van der Waals surface area contributed by atoms with Crippen LogP contribution >= 0.6 is 0 Å². The van der Waals surface area contributed by atoms with Gasteiger partial charge < -0.3 is 10.4 Å². The average molecular weight is 330 g/mol. The number of anilines is 1. The molecule has 128 valence electrons. The molecule has 7 heteroatoms. The molecule has 23 heavy (non-hydrogen) atoms. The molecule has 0 aromatic heterocycles. The number of carbonyl (C=O) groups excluding carboxylic acids is 1. The van der Waals surface area contributed by atoms with Gasteiger partial charge >= 0.3 is 6.18 Å². The molecule has 1 aromatic rings. The van der Waals surface area contributed by atoms with Crippen LogP contribution in [0.4, 0.5) is 18.9 Å². The maximum atomic E-state index is 13.0. The second-order valence-corrected chi connectivity index (χ2v) is 5.87. The van der Waals surface area contributed by atoms with Crippen molar-refractivity contribution in [3.8, 4) is 0 Å². The summed E-state index contributed by atoms with van der Waals surface area (Å²) in [7, 11) is 0. The minimum Gasteiger partial charge on any atom is -0.396 e. The summed E-state index contributed by atoms with van der Waals surface area (Å²) in [5.41, 5.74) is -1.07. The molecule has 1 atom stereocenters. The number of rotatable bonds is 4. The van der Waals surface area contributed by atoms with Crippen molar-refractivity contribution in [1.29, 1.82) is 0 Å². The lowest BCUT2D eigenvalue weighted by Gasteiger charge is -2.34. The molecule has 1 amide bonds. The van der Waals surface area contributed by atoms with Crippen LogP contribution in [-0.2, 0) is 11.0 Å². The molecule has 1 saturated heterocycles. The molecule has 0 bridgehead atoms. The SMILES string of the molecule is CC(C(=O)Nc1ccccc1C(F)(F)F)N1CCC(CO)CC1. The van der Waals surface area contributed by atoms with Crippen molar-refractivity contribution in [2.45, 2.75) is 32.0 Å². The summed E-state index contributed by atoms with van der Waals surface area (Å²) in [4.78, 5) is 14.2. The maximum Gasteiger partial charge on any atom is 0.418 e. The highest BCUT2D eigenvalue weighted by molar-refractivity contribution is 5.95. The minimum atomic E-state index is -4.51. The quantitative estimate of drug-likeness (QED) is 0.892. The predicted octanol–water partition coefficient (Wildman–Crippen LogP) is 2.74. The van der Waals surface area contributed by atoms with Crippen LogP contribution in [0.3, 0.4) is 0 Å². The standard InChI is InChI=1S/C16H21F3N2O2/c1-11(21-8-6-12(10-22)7-9-21)15(23)20-14-5-3-2-4-13(14)16(17,18)19/h2-5,11-12,22H,6-10H2,1H3,(H,20,23). The second kappa shape index (κ2) is 7.31. The molecule has 4 nitrogen and oxygen atoms in total. The maximum absolute atomic E-state index is 13.0. The van der Waals surface area contributed by atoms with Crippen molar-refractivity contribution in [3.63, 3.8) is 0 Å². The largest absolute Gasteiger partial charge is 0.418 e. The number of amides is 1. The Kier molecular flexibility index (Phi) is 5.64. The summed E-state index contributed by atoms with van der Waals surface area (Å²) in [5, 5.41) is 11.5. The van der Waals surface area contributed by atoms with E-state index in [9.17, 15) is 18.0 Å². The summed E-state index contributed by atoms with van der Waals surface area (Å²) in [6, 6.07) is 4.44. The van der Waals surface area contributed by atoms with Crippen LogP contribution < -0.4 is 5.32 Å². The Hall–Kier alpha value is -1.60. The molecule has 1 unspecified atom stereocenters. The van der Waals surface area contributed by atoms with Gasteiger partial charge in [0.2, 0.25) is 5.91 Å². The van der Waals surface area contributed by atoms with E-state index in [-0.39, 0.29) is 18.2 Å². The number of benzene rings is 1. The van der Waals surface area contributed by atoms with E-state index in [2.05, 4.69) is 5.32 Å². The van der Waals surface area contributed by atoms with Crippen molar-refractivity contribution in [2.24, 2.45) is 5.92 Å². The lowest BCUT2D eigenvalue weighted by Crippen LogP contribution is -2.46. The molecule has 1 fully saturated rings. The monoisotopic (exact) mass is 330 g/mol. The van der Waals surface area contributed by atoms with Gasteiger partial charge in [0, 0.05) is 6.61 Å². The number of piperidine rings is 1. The Morgan fingerprint density at radius 3 is 2.52 bits per heavy atom. The van der Waals surface area contributed by atoms with Gasteiger partial charge in [0.25, 0.3) is 0 Å². The Labute approximate surface area is 133 Å². The zero-order valence-corrected chi connectivity index (χ0v) is 12.9. The molecule has 2 rings (SSSR count). The van der Waals surface area contributed by atoms with Gasteiger partial charge in [-0.1, -0.05) is 12.1 Å². The van der Waals surface area contributed by atoms with Gasteiger partial charge in [-0.3, -0.25) is 9.69 Å². The van der Waals surface area contributed by atoms with E-state index >= 15 is 0 Å². The molecule has 0 saturated carbocycles. The van der Waals surface area contributed by atoms with E-state index in [4.69, 9.17) is 5.11 Å². The highest BCUT2D eigenvalue weighted by atomic mass is 19.4. The summed E-state index contributed by atoms with van der Waals surface area (Å²) in [5.74, 6) is -0.211. The van der Waals surface area contributed by atoms with Gasteiger partial charge in [-0.15, -0.1) is 0 Å². The number of alkyl halides is 3. The van der Waals surface area contributed by atoms with Gasteiger partial charge in [0.1, 0.15) is 0 Å². The van der Waals surface area contributed by atoms with Gasteiger partial charge in [-0.25, -0.2) is 0 Å². The first-order valence-electron chi connectivity index (χ1n) is 7.65. The fourth-order valence-electron chi connectivity index (χ4n) is 2.77. The zero-order valence-electron chi connectivity index (χ0n) is 12.9. The van der Waals surface area contributed by atoms with Crippen molar-refractivity contribution in [2.75, 3.05) is 25.0 Å². The lowest BCUT2D eigenvalue weighted by atomic mass is 9.97. The number of hydrogen-bond donors (Lipinski definition) is 2. The predicted molar refractivity (Wildman–Crippen MR) is 80.9 cm³/mol. The lowest BCUT2D eigenvalue weighted by molar-refractivity contribution is -0.137. The number of likely N-dealkylation sites (tertiary alicyclic amines) is 1. The number of aliphatic hydroxyl groups is 1. The van der Waals surface area contributed by atoms with Crippen LogP contribution in [0.15, 0.2) is 24.3 Å². The minimum absolute atomic E-state index is 0.132. The Bertz CT molecular complexity index is 540. The Balaban J connectivity index is 2.02. The van der Waals surface area contributed by atoms with E-state index < -0.39 is 23.7 Å². The molecule has 0 radical (unpaired) electrons. The third kappa shape index (κ3) is 4.45. The van der Waals surface area contributed by atoms with Crippen molar-refractivity contribution in [1.82, 2.24) is 4.90 Å². The summed E-state index contributed by atoms with van der Waals surface area (Å²) in [6.07, 6.45) is -2.94. The van der Waals surface area contributed by atoms with Crippen LogP contribution in [0.1, 0.15) is 25.3 Å². The summed E-state index contributed by atoms with van der Waals surface area (Å²) >= 11 is 0. The van der Waals surface area contributed by atoms with Gasteiger partial charge in [-0.2, -0.15) is 13.2 Å². The third-order valence-corrected chi connectivity index (χ3v) is 4.32. The molecule has 0 aliphatic carbocycles. The van der Waals surface area contributed by atoms with E-state index in [1.807, 2.05) is 4.90 Å². The number of aliphatic hydroxyl groups excluding tert-OH is 1. The van der Waals surface area contributed by atoms with Gasteiger partial charge in [-0.05, 0) is 50.9 Å². The first kappa shape index (κ1) is 17.7. The highest BCUT2D eigenvalue weighted by Crippen LogP contribution is 2.34. The number of halogens is 3. The van der Waals surface area contributed by atoms with E-state index in [1.54, 1.807) is 6.92 Å². The van der Waals surface area contributed by atoms with E-state index in [0.717, 1.165) is 18.9 Å². The second-order valence-electron chi connectivity index (χ2n) is 5.87. The van der Waals surface area contributed by atoms with Crippen LogP contribution in [-0.4, -0.2) is 41.7 Å².